The van der Waals surface area contributed by atoms with E-state index in [4.69, 9.17) is 11.6 Å². The predicted octanol–water partition coefficient (Wildman–Crippen LogP) is 3.79. The topological polar surface area (TPSA) is 61.4 Å². The maximum Gasteiger partial charge on any atom is 0.255 e. The van der Waals surface area contributed by atoms with E-state index in [1.54, 1.807) is 23.1 Å². The number of nitrogens with one attached hydrogen (secondary N) is 2. The largest absolute Gasteiger partial charge is 0.339 e. The van der Waals surface area contributed by atoms with Crippen molar-refractivity contribution >= 4 is 29.1 Å². The minimum absolute atomic E-state index is 0.00470. The summed E-state index contributed by atoms with van der Waals surface area (Å²) in [6, 6.07) is 5.09. The number of halogens is 1. The van der Waals surface area contributed by atoms with Crippen LogP contribution < -0.4 is 10.6 Å². The summed E-state index contributed by atoms with van der Waals surface area (Å²) < 4.78 is 0. The van der Waals surface area contributed by atoms with E-state index in [1.165, 1.54) is 0 Å². The maximum atomic E-state index is 12.4. The molecule has 1 aliphatic heterocycles. The number of benzene rings is 1. The summed E-state index contributed by atoms with van der Waals surface area (Å²) in [5.41, 5.74) is 1.10. The summed E-state index contributed by atoms with van der Waals surface area (Å²) in [7, 11) is 0. The second-order valence-corrected chi connectivity index (χ2v) is 7.40. The molecule has 0 aliphatic carbocycles. The van der Waals surface area contributed by atoms with E-state index in [-0.39, 0.29) is 11.8 Å². The number of hydrogen-bond donors (Lipinski definition) is 2. The zero-order chi connectivity index (χ0) is 19.1. The van der Waals surface area contributed by atoms with Crippen LogP contribution in [0, 0.1) is 11.8 Å². The van der Waals surface area contributed by atoms with Crippen LogP contribution in [0.1, 0.15) is 50.4 Å². The Bertz CT molecular complexity index is 625. The Morgan fingerprint density at radius 1 is 1.27 bits per heavy atom. The summed E-state index contributed by atoms with van der Waals surface area (Å²) in [5, 5.41) is 6.63. The zero-order valence-electron chi connectivity index (χ0n) is 16.0. The van der Waals surface area contributed by atoms with Gasteiger partial charge in [0.15, 0.2) is 0 Å². The molecule has 26 heavy (non-hydrogen) atoms. The highest BCUT2D eigenvalue weighted by Crippen LogP contribution is 2.26. The van der Waals surface area contributed by atoms with Crippen molar-refractivity contribution < 1.29 is 9.59 Å². The molecule has 1 aromatic carbocycles. The smallest absolute Gasteiger partial charge is 0.255 e. The summed E-state index contributed by atoms with van der Waals surface area (Å²) in [5.74, 6) is 0.864. The van der Waals surface area contributed by atoms with Gasteiger partial charge in [0.05, 0.1) is 10.6 Å². The molecular formula is C20H30ClN3O2. The molecule has 1 atom stereocenters. The second kappa shape index (κ2) is 9.93. The molecule has 1 aliphatic rings. The van der Waals surface area contributed by atoms with Gasteiger partial charge < -0.3 is 15.5 Å². The fourth-order valence-electron chi connectivity index (χ4n) is 3.53. The molecule has 0 spiro atoms. The Kier molecular flexibility index (Phi) is 7.91. The van der Waals surface area contributed by atoms with E-state index in [0.29, 0.717) is 47.6 Å². The summed E-state index contributed by atoms with van der Waals surface area (Å²) in [6.45, 7) is 9.37. The van der Waals surface area contributed by atoms with Crippen molar-refractivity contribution in [3.05, 3.63) is 28.8 Å². The van der Waals surface area contributed by atoms with E-state index >= 15 is 0 Å². The molecule has 1 heterocycles. The first-order valence-electron chi connectivity index (χ1n) is 9.55. The average molecular weight is 380 g/mol. The monoisotopic (exact) mass is 379 g/mol. The zero-order valence-corrected chi connectivity index (χ0v) is 16.7. The number of carbonyl (C=O) groups is 2. The lowest BCUT2D eigenvalue weighted by Gasteiger charge is -2.27. The number of anilines is 1. The molecule has 5 nitrogen and oxygen atoms in total. The second-order valence-electron chi connectivity index (χ2n) is 6.99. The van der Waals surface area contributed by atoms with Gasteiger partial charge >= 0.3 is 0 Å². The molecule has 0 radical (unpaired) electrons. The van der Waals surface area contributed by atoms with Crippen molar-refractivity contribution in [2.45, 2.75) is 40.0 Å². The van der Waals surface area contributed by atoms with Crippen molar-refractivity contribution in [1.82, 2.24) is 10.2 Å². The molecule has 1 unspecified atom stereocenters. The highest BCUT2D eigenvalue weighted by molar-refractivity contribution is 6.34. The van der Waals surface area contributed by atoms with Crippen LogP contribution in [-0.2, 0) is 4.79 Å². The lowest BCUT2D eigenvalue weighted by atomic mass is 9.84. The van der Waals surface area contributed by atoms with Crippen molar-refractivity contribution in [2.24, 2.45) is 11.8 Å². The van der Waals surface area contributed by atoms with Gasteiger partial charge in [-0.2, -0.15) is 0 Å². The fraction of sp³-hybridized carbons (Fsp3) is 0.600. The third kappa shape index (κ3) is 5.45. The van der Waals surface area contributed by atoms with Crippen LogP contribution in [0.4, 0.5) is 5.69 Å². The first-order chi connectivity index (χ1) is 12.5. The van der Waals surface area contributed by atoms with Crippen molar-refractivity contribution in [3.8, 4) is 0 Å². The number of rotatable bonds is 7. The van der Waals surface area contributed by atoms with E-state index < -0.39 is 0 Å². The van der Waals surface area contributed by atoms with E-state index in [9.17, 15) is 9.59 Å². The van der Waals surface area contributed by atoms with E-state index in [1.807, 2.05) is 13.8 Å². The molecule has 1 saturated heterocycles. The van der Waals surface area contributed by atoms with Crippen LogP contribution in [-0.4, -0.2) is 42.9 Å². The number of carbonyl (C=O) groups excluding carboxylic acids is 2. The van der Waals surface area contributed by atoms with Gasteiger partial charge in [-0.05, 0) is 69.8 Å². The van der Waals surface area contributed by atoms with Gasteiger partial charge in [0.25, 0.3) is 5.91 Å². The predicted molar refractivity (Wildman–Crippen MR) is 107 cm³/mol. The third-order valence-electron chi connectivity index (χ3n) is 5.23. The number of piperidine rings is 1. The van der Waals surface area contributed by atoms with Crippen LogP contribution in [0.15, 0.2) is 18.2 Å². The van der Waals surface area contributed by atoms with Gasteiger partial charge in [-0.3, -0.25) is 9.59 Å². The molecule has 6 heteroatoms. The van der Waals surface area contributed by atoms with E-state index in [2.05, 4.69) is 17.6 Å². The third-order valence-corrected chi connectivity index (χ3v) is 5.54. The lowest BCUT2D eigenvalue weighted by molar-refractivity contribution is -0.117. The Labute approximate surface area is 161 Å². The van der Waals surface area contributed by atoms with Crippen LogP contribution in [0.3, 0.4) is 0 Å². The number of hydrogen-bond acceptors (Lipinski definition) is 3. The van der Waals surface area contributed by atoms with Gasteiger partial charge in [0.2, 0.25) is 5.91 Å². The molecule has 144 valence electrons. The summed E-state index contributed by atoms with van der Waals surface area (Å²) in [4.78, 5) is 26.5. The molecular weight excluding hydrogens is 350 g/mol. The maximum absolute atomic E-state index is 12.4. The lowest BCUT2D eigenvalue weighted by Crippen LogP contribution is -2.32. The summed E-state index contributed by atoms with van der Waals surface area (Å²) in [6.07, 6.45) is 2.76. The SMILES string of the molecule is CCN(CC)C(=O)c1ccc(NC(=O)CC(C)C2CCNCC2)cc1Cl. The molecule has 2 N–H and O–H groups in total. The molecule has 2 amide bonds. The normalized spacial score (nSPS) is 16.2. The molecule has 0 saturated carbocycles. The molecule has 0 bridgehead atoms. The Morgan fingerprint density at radius 2 is 1.92 bits per heavy atom. The Balaban J connectivity index is 1.96. The van der Waals surface area contributed by atoms with Crippen molar-refractivity contribution in [2.75, 3.05) is 31.5 Å². The van der Waals surface area contributed by atoms with E-state index in [0.717, 1.165) is 25.9 Å². The number of nitrogens with zero attached hydrogens (tertiary/aromatic N) is 1. The summed E-state index contributed by atoms with van der Waals surface area (Å²) >= 11 is 6.29. The molecule has 1 aromatic rings. The van der Waals surface area contributed by atoms with Gasteiger partial charge in [-0.1, -0.05) is 18.5 Å². The quantitative estimate of drug-likeness (QED) is 0.757. The molecule has 0 aromatic heterocycles. The van der Waals surface area contributed by atoms with Crippen LogP contribution in [0.2, 0.25) is 5.02 Å². The van der Waals surface area contributed by atoms with Gasteiger partial charge in [-0.15, -0.1) is 0 Å². The fourth-order valence-corrected chi connectivity index (χ4v) is 3.79. The highest BCUT2D eigenvalue weighted by Gasteiger charge is 2.22. The van der Waals surface area contributed by atoms with Gasteiger partial charge in [0.1, 0.15) is 0 Å². The van der Waals surface area contributed by atoms with Crippen molar-refractivity contribution in [3.63, 3.8) is 0 Å². The van der Waals surface area contributed by atoms with Gasteiger partial charge in [0, 0.05) is 25.2 Å². The van der Waals surface area contributed by atoms with Crippen LogP contribution in [0.5, 0.6) is 0 Å². The minimum atomic E-state index is -0.0857. The Hall–Kier alpha value is -1.59. The standard InChI is InChI=1S/C20H30ClN3O2/c1-4-24(5-2)20(26)17-7-6-16(13-18(17)21)23-19(25)12-14(3)15-8-10-22-11-9-15/h6-7,13-15,22H,4-5,8-12H2,1-3H3,(H,23,25). The number of amides is 2. The van der Waals surface area contributed by atoms with Gasteiger partial charge in [-0.25, -0.2) is 0 Å². The Morgan fingerprint density at radius 3 is 2.50 bits per heavy atom. The minimum Gasteiger partial charge on any atom is -0.339 e. The highest BCUT2D eigenvalue weighted by atomic mass is 35.5. The molecule has 2 rings (SSSR count). The average Bonchev–Trinajstić information content (AvgIpc) is 2.63. The van der Waals surface area contributed by atoms with Crippen LogP contribution in [0.25, 0.3) is 0 Å². The van der Waals surface area contributed by atoms with Crippen molar-refractivity contribution in [1.29, 1.82) is 0 Å². The molecule has 1 fully saturated rings. The first-order valence-corrected chi connectivity index (χ1v) is 9.93. The first kappa shape index (κ1) is 20.7. The van der Waals surface area contributed by atoms with Crippen LogP contribution >= 0.6 is 11.6 Å².